The predicted molar refractivity (Wildman–Crippen MR) is 95.5 cm³/mol. The number of nitrogens with one attached hydrogen (secondary N) is 1. The SMILES string of the molecule is CC(=O)C(C(NC(=O)OCc1ccccc1)c1ccccc1)P(=O)(O)O. The van der Waals surface area contributed by atoms with Crippen LogP contribution in [-0.2, 0) is 20.7 Å². The summed E-state index contributed by atoms with van der Waals surface area (Å²) in [7, 11) is -4.81. The van der Waals surface area contributed by atoms with Gasteiger partial charge in [-0.15, -0.1) is 0 Å². The molecule has 2 aromatic carbocycles. The Kier molecular flexibility index (Phi) is 6.69. The second kappa shape index (κ2) is 8.76. The van der Waals surface area contributed by atoms with Crippen LogP contribution in [0.25, 0.3) is 0 Å². The Bertz CT molecular complexity index is 790. The molecule has 3 N–H and O–H groups in total. The van der Waals surface area contributed by atoms with Gasteiger partial charge in [-0.1, -0.05) is 60.7 Å². The van der Waals surface area contributed by atoms with E-state index >= 15 is 0 Å². The Morgan fingerprint density at radius 3 is 2.08 bits per heavy atom. The molecule has 0 spiro atoms. The topological polar surface area (TPSA) is 113 Å². The van der Waals surface area contributed by atoms with Crippen molar-refractivity contribution in [2.45, 2.75) is 25.2 Å². The maximum Gasteiger partial charge on any atom is 0.407 e. The van der Waals surface area contributed by atoms with E-state index in [-0.39, 0.29) is 6.61 Å². The molecule has 0 bridgehead atoms. The molecule has 0 aliphatic rings. The maximum absolute atomic E-state index is 12.2. The van der Waals surface area contributed by atoms with Gasteiger partial charge in [0.15, 0.2) is 0 Å². The zero-order valence-electron chi connectivity index (χ0n) is 14.1. The van der Waals surface area contributed by atoms with E-state index in [0.29, 0.717) is 5.56 Å². The van der Waals surface area contributed by atoms with Crippen LogP contribution in [0.3, 0.4) is 0 Å². The van der Waals surface area contributed by atoms with Gasteiger partial charge in [0.2, 0.25) is 0 Å². The van der Waals surface area contributed by atoms with E-state index in [1.807, 2.05) is 6.07 Å². The third-order valence-electron chi connectivity index (χ3n) is 3.74. The number of benzene rings is 2. The van der Waals surface area contributed by atoms with Crippen LogP contribution in [0.15, 0.2) is 60.7 Å². The molecule has 2 unspecified atom stereocenters. The first-order valence-corrected chi connectivity index (χ1v) is 9.55. The van der Waals surface area contributed by atoms with Crippen molar-refractivity contribution >= 4 is 19.5 Å². The van der Waals surface area contributed by atoms with Gasteiger partial charge in [0.25, 0.3) is 0 Å². The highest BCUT2D eigenvalue weighted by Gasteiger charge is 2.41. The molecule has 0 aliphatic carbocycles. The van der Waals surface area contributed by atoms with Crippen LogP contribution in [0.1, 0.15) is 24.1 Å². The summed E-state index contributed by atoms with van der Waals surface area (Å²) >= 11 is 0. The monoisotopic (exact) mass is 377 g/mol. The number of rotatable bonds is 7. The largest absolute Gasteiger partial charge is 0.445 e. The highest BCUT2D eigenvalue weighted by atomic mass is 31.2. The number of hydrogen-bond donors (Lipinski definition) is 3. The van der Waals surface area contributed by atoms with E-state index in [1.165, 1.54) is 0 Å². The van der Waals surface area contributed by atoms with Crippen molar-refractivity contribution in [1.82, 2.24) is 5.32 Å². The van der Waals surface area contributed by atoms with Crippen LogP contribution >= 0.6 is 7.60 Å². The van der Waals surface area contributed by atoms with E-state index in [9.17, 15) is 23.9 Å². The number of amides is 1. The van der Waals surface area contributed by atoms with E-state index in [4.69, 9.17) is 4.74 Å². The van der Waals surface area contributed by atoms with Crippen molar-refractivity contribution in [2.75, 3.05) is 0 Å². The zero-order chi connectivity index (χ0) is 19.2. The first kappa shape index (κ1) is 19.8. The van der Waals surface area contributed by atoms with Crippen molar-refractivity contribution in [3.05, 3.63) is 71.8 Å². The Morgan fingerprint density at radius 2 is 1.58 bits per heavy atom. The van der Waals surface area contributed by atoms with Crippen LogP contribution in [0.4, 0.5) is 4.79 Å². The minimum absolute atomic E-state index is 0.00513. The number of carbonyl (C=O) groups excluding carboxylic acids is 2. The standard InChI is InChI=1S/C18H20NO6P/c1-13(20)17(26(22,23)24)16(15-10-6-3-7-11-15)19-18(21)25-12-14-8-4-2-5-9-14/h2-11,16-17H,12H2,1H3,(H,19,21)(H2,22,23,24). The first-order chi connectivity index (χ1) is 12.3. The average Bonchev–Trinajstić information content (AvgIpc) is 2.59. The number of hydrogen-bond acceptors (Lipinski definition) is 4. The molecule has 0 radical (unpaired) electrons. The maximum atomic E-state index is 12.2. The lowest BCUT2D eigenvalue weighted by Crippen LogP contribution is -2.39. The zero-order valence-corrected chi connectivity index (χ0v) is 15.0. The van der Waals surface area contributed by atoms with Crippen LogP contribution < -0.4 is 5.32 Å². The van der Waals surface area contributed by atoms with Gasteiger partial charge in [0.05, 0.1) is 6.04 Å². The molecule has 8 heteroatoms. The second-order valence-corrected chi connectivity index (χ2v) is 7.47. The van der Waals surface area contributed by atoms with Gasteiger partial charge < -0.3 is 19.8 Å². The molecule has 0 aromatic heterocycles. The van der Waals surface area contributed by atoms with Gasteiger partial charge in [-0.05, 0) is 18.1 Å². The third kappa shape index (κ3) is 5.52. The summed E-state index contributed by atoms with van der Waals surface area (Å²) in [6, 6.07) is 15.9. The first-order valence-electron chi connectivity index (χ1n) is 7.87. The van der Waals surface area contributed by atoms with Crippen molar-refractivity contribution in [3.8, 4) is 0 Å². The van der Waals surface area contributed by atoms with Crippen molar-refractivity contribution in [3.63, 3.8) is 0 Å². The summed E-state index contributed by atoms with van der Waals surface area (Å²) in [5.74, 6) is -0.726. The summed E-state index contributed by atoms with van der Waals surface area (Å²) in [6.45, 7) is 1.07. The van der Waals surface area contributed by atoms with Crippen LogP contribution in [-0.4, -0.2) is 27.3 Å². The molecule has 0 heterocycles. The van der Waals surface area contributed by atoms with Gasteiger partial charge in [-0.25, -0.2) is 4.79 Å². The van der Waals surface area contributed by atoms with Crippen molar-refractivity contribution < 1.29 is 28.7 Å². The average molecular weight is 377 g/mol. The Hall–Kier alpha value is -2.47. The molecule has 138 valence electrons. The fourth-order valence-corrected chi connectivity index (χ4v) is 3.67. The van der Waals surface area contributed by atoms with Crippen LogP contribution in [0.5, 0.6) is 0 Å². The van der Waals surface area contributed by atoms with Gasteiger partial charge >= 0.3 is 13.7 Å². The number of alkyl carbamates (subject to hydrolysis) is 1. The third-order valence-corrected chi connectivity index (χ3v) is 5.13. The van der Waals surface area contributed by atoms with E-state index < -0.39 is 31.2 Å². The van der Waals surface area contributed by atoms with Crippen LogP contribution in [0, 0.1) is 0 Å². The van der Waals surface area contributed by atoms with E-state index in [0.717, 1.165) is 12.5 Å². The molecule has 1 amide bonds. The molecule has 26 heavy (non-hydrogen) atoms. The lowest BCUT2D eigenvalue weighted by Gasteiger charge is -2.27. The van der Waals surface area contributed by atoms with Crippen molar-refractivity contribution in [1.29, 1.82) is 0 Å². The van der Waals surface area contributed by atoms with Gasteiger partial charge in [-0.3, -0.25) is 9.36 Å². The summed E-state index contributed by atoms with van der Waals surface area (Å²) in [4.78, 5) is 43.2. The molecule has 2 rings (SSSR count). The molecular formula is C18H20NO6P. The number of ketones is 1. The number of Topliss-reactive ketones (excluding diaryl/α,β-unsaturated/α-hetero) is 1. The smallest absolute Gasteiger partial charge is 0.407 e. The lowest BCUT2D eigenvalue weighted by molar-refractivity contribution is -0.117. The Morgan fingerprint density at radius 1 is 1.04 bits per heavy atom. The van der Waals surface area contributed by atoms with E-state index in [2.05, 4.69) is 5.32 Å². The molecule has 0 fully saturated rings. The van der Waals surface area contributed by atoms with Crippen LogP contribution in [0.2, 0.25) is 0 Å². The quantitative estimate of drug-likeness (QED) is 0.640. The molecule has 0 aliphatic heterocycles. The van der Waals surface area contributed by atoms with Crippen molar-refractivity contribution in [2.24, 2.45) is 0 Å². The molecule has 2 aromatic rings. The minimum atomic E-state index is -4.81. The molecule has 0 saturated heterocycles. The second-order valence-electron chi connectivity index (χ2n) is 5.74. The molecule has 0 saturated carbocycles. The lowest BCUT2D eigenvalue weighted by atomic mass is 10.0. The van der Waals surface area contributed by atoms with Gasteiger partial charge in [0, 0.05) is 0 Å². The molecular weight excluding hydrogens is 357 g/mol. The van der Waals surface area contributed by atoms with Gasteiger partial charge in [-0.2, -0.15) is 0 Å². The Balaban J connectivity index is 2.20. The predicted octanol–water partition coefficient (Wildman–Crippen LogP) is 2.79. The highest BCUT2D eigenvalue weighted by molar-refractivity contribution is 7.53. The normalized spacial score (nSPS) is 13.5. The Labute approximate surface area is 151 Å². The summed E-state index contributed by atoms with van der Waals surface area (Å²) < 4.78 is 16.9. The molecule has 2 atom stereocenters. The highest BCUT2D eigenvalue weighted by Crippen LogP contribution is 2.47. The summed E-state index contributed by atoms with van der Waals surface area (Å²) in [5.41, 5.74) is -0.543. The number of ether oxygens (including phenoxy) is 1. The molecule has 7 nitrogen and oxygen atoms in total. The summed E-state index contributed by atoms with van der Waals surface area (Å²) in [5, 5.41) is 2.42. The number of carbonyl (C=O) groups is 2. The fourth-order valence-electron chi connectivity index (χ4n) is 2.56. The van der Waals surface area contributed by atoms with Gasteiger partial charge in [0.1, 0.15) is 18.0 Å². The summed E-state index contributed by atoms with van der Waals surface area (Å²) in [6.07, 6.45) is -0.873. The minimum Gasteiger partial charge on any atom is -0.445 e. The fraction of sp³-hybridized carbons (Fsp3) is 0.222. The van der Waals surface area contributed by atoms with E-state index in [1.54, 1.807) is 54.6 Å².